The van der Waals surface area contributed by atoms with E-state index in [9.17, 15) is 18.0 Å². The molecule has 0 saturated heterocycles. The summed E-state index contributed by atoms with van der Waals surface area (Å²) < 4.78 is 39.5. The first-order chi connectivity index (χ1) is 10.3. The van der Waals surface area contributed by atoms with Gasteiger partial charge in [0.25, 0.3) is 0 Å². The number of nitrogens with one attached hydrogen (secondary N) is 1. The highest BCUT2D eigenvalue weighted by molar-refractivity contribution is 5.83. The predicted octanol–water partition coefficient (Wildman–Crippen LogP) is 3.95. The Labute approximate surface area is 126 Å². The van der Waals surface area contributed by atoms with Gasteiger partial charge in [-0.05, 0) is 37.7 Å². The number of halogens is 3. The Hall–Kier alpha value is -1.82. The van der Waals surface area contributed by atoms with Crippen molar-refractivity contribution in [2.24, 2.45) is 0 Å². The molecule has 0 saturated carbocycles. The normalized spacial score (nSPS) is 13.8. The zero-order valence-corrected chi connectivity index (χ0v) is 12.8. The number of nitrogens with zero attached hydrogens (tertiary/aromatic N) is 1. The van der Waals surface area contributed by atoms with E-state index >= 15 is 0 Å². The van der Waals surface area contributed by atoms with E-state index in [4.69, 9.17) is 0 Å². The molecule has 0 aliphatic rings. The molecule has 0 fully saturated rings. The molecule has 0 aliphatic heterocycles. The molecule has 1 atom stereocenters. The van der Waals surface area contributed by atoms with Crippen LogP contribution in [0.1, 0.15) is 37.4 Å². The van der Waals surface area contributed by atoms with Crippen LogP contribution in [0.5, 0.6) is 0 Å². The lowest BCUT2D eigenvalue weighted by Crippen LogP contribution is -2.24. The van der Waals surface area contributed by atoms with Crippen molar-refractivity contribution < 1.29 is 13.2 Å². The molecule has 6 heteroatoms. The Morgan fingerprint density at radius 2 is 1.91 bits per heavy atom. The average Bonchev–Trinajstić information content (AvgIpc) is 2.46. The van der Waals surface area contributed by atoms with Crippen LogP contribution >= 0.6 is 0 Å². The number of rotatable bonds is 4. The van der Waals surface area contributed by atoms with Crippen molar-refractivity contribution in [3.05, 3.63) is 45.7 Å². The lowest BCUT2D eigenvalue weighted by Gasteiger charge is -2.26. The van der Waals surface area contributed by atoms with Gasteiger partial charge < -0.3 is 4.98 Å². The maximum Gasteiger partial charge on any atom is 0.417 e. The minimum absolute atomic E-state index is 0.0348. The lowest BCUT2D eigenvalue weighted by molar-refractivity contribution is -0.136. The summed E-state index contributed by atoms with van der Waals surface area (Å²) in [5, 5.41) is 0.0348. The maximum absolute atomic E-state index is 13.2. The maximum atomic E-state index is 13.2. The molecule has 2 aromatic rings. The third-order valence-corrected chi connectivity index (χ3v) is 3.97. The number of pyridine rings is 1. The number of aromatic nitrogens is 1. The van der Waals surface area contributed by atoms with Crippen molar-refractivity contribution in [1.82, 2.24) is 9.88 Å². The summed E-state index contributed by atoms with van der Waals surface area (Å²) in [7, 11) is 1.94. The van der Waals surface area contributed by atoms with Crippen molar-refractivity contribution in [3.63, 3.8) is 0 Å². The molecule has 1 aromatic carbocycles. The smallest absolute Gasteiger partial charge is 0.322 e. The minimum Gasteiger partial charge on any atom is -0.322 e. The topological polar surface area (TPSA) is 36.1 Å². The Bertz CT molecular complexity index is 721. The molecule has 1 N–H and O–H groups in total. The molecule has 1 aromatic heterocycles. The van der Waals surface area contributed by atoms with Gasteiger partial charge in [0.05, 0.1) is 5.56 Å². The summed E-state index contributed by atoms with van der Waals surface area (Å²) in [4.78, 5) is 16.0. The van der Waals surface area contributed by atoms with Crippen molar-refractivity contribution >= 4 is 10.9 Å². The fourth-order valence-corrected chi connectivity index (χ4v) is 2.74. The molecule has 0 aliphatic carbocycles. The fourth-order valence-electron chi connectivity index (χ4n) is 2.74. The van der Waals surface area contributed by atoms with Crippen molar-refractivity contribution in [2.75, 3.05) is 13.6 Å². The average molecular weight is 312 g/mol. The van der Waals surface area contributed by atoms with Gasteiger partial charge in [0.15, 0.2) is 0 Å². The van der Waals surface area contributed by atoms with Gasteiger partial charge in [-0.15, -0.1) is 0 Å². The van der Waals surface area contributed by atoms with Gasteiger partial charge in [0.1, 0.15) is 0 Å². The molecule has 0 amide bonds. The summed E-state index contributed by atoms with van der Waals surface area (Å²) in [5.41, 5.74) is -0.609. The van der Waals surface area contributed by atoms with Crippen LogP contribution in [0.2, 0.25) is 0 Å². The van der Waals surface area contributed by atoms with Crippen LogP contribution in [0, 0.1) is 0 Å². The number of hydrogen-bond acceptors (Lipinski definition) is 2. The van der Waals surface area contributed by atoms with Gasteiger partial charge in [0, 0.05) is 23.0 Å². The molecule has 0 radical (unpaired) electrons. The molecular weight excluding hydrogens is 293 g/mol. The van der Waals surface area contributed by atoms with Crippen LogP contribution in [0.4, 0.5) is 13.2 Å². The van der Waals surface area contributed by atoms with Crippen LogP contribution < -0.4 is 5.56 Å². The lowest BCUT2D eigenvalue weighted by atomic mass is 9.98. The molecule has 22 heavy (non-hydrogen) atoms. The number of benzene rings is 1. The van der Waals surface area contributed by atoms with E-state index in [1.54, 1.807) is 12.1 Å². The Morgan fingerprint density at radius 3 is 2.45 bits per heavy atom. The second-order valence-electron chi connectivity index (χ2n) is 5.35. The first kappa shape index (κ1) is 16.5. The number of aromatic amines is 1. The highest BCUT2D eigenvalue weighted by Crippen LogP contribution is 2.35. The van der Waals surface area contributed by atoms with Crippen LogP contribution in [-0.2, 0) is 6.18 Å². The molecule has 3 nitrogen and oxygen atoms in total. The third kappa shape index (κ3) is 3.16. The Kier molecular flexibility index (Phi) is 4.60. The molecular formula is C16H19F3N2O. The number of alkyl halides is 3. The van der Waals surface area contributed by atoms with E-state index in [-0.39, 0.29) is 16.9 Å². The van der Waals surface area contributed by atoms with E-state index in [2.05, 4.69) is 9.88 Å². The summed E-state index contributed by atoms with van der Waals surface area (Å²) >= 11 is 0. The molecule has 1 heterocycles. The van der Waals surface area contributed by atoms with Gasteiger partial charge in [-0.25, -0.2) is 0 Å². The Morgan fingerprint density at radius 1 is 1.23 bits per heavy atom. The SMILES string of the molecule is CCC(c1ccc2[nH]c(=O)cc(C(F)(F)F)c2c1)N(C)CC. The second kappa shape index (κ2) is 6.12. The summed E-state index contributed by atoms with van der Waals surface area (Å²) in [5.74, 6) is 0. The first-order valence-electron chi connectivity index (χ1n) is 7.22. The quantitative estimate of drug-likeness (QED) is 0.928. The highest BCUT2D eigenvalue weighted by Gasteiger charge is 2.33. The van der Waals surface area contributed by atoms with E-state index in [0.29, 0.717) is 6.07 Å². The largest absolute Gasteiger partial charge is 0.417 e. The van der Waals surface area contributed by atoms with Gasteiger partial charge in [-0.3, -0.25) is 9.69 Å². The number of fused-ring (bicyclic) bond motifs is 1. The third-order valence-electron chi connectivity index (χ3n) is 3.97. The molecule has 2 rings (SSSR count). The zero-order chi connectivity index (χ0) is 16.5. The van der Waals surface area contributed by atoms with E-state index in [1.165, 1.54) is 6.07 Å². The number of hydrogen-bond donors (Lipinski definition) is 1. The van der Waals surface area contributed by atoms with Crippen LogP contribution in [0.3, 0.4) is 0 Å². The molecule has 0 bridgehead atoms. The summed E-state index contributed by atoms with van der Waals surface area (Å²) in [6.07, 6.45) is -3.76. The first-order valence-corrected chi connectivity index (χ1v) is 7.22. The molecule has 1 unspecified atom stereocenters. The zero-order valence-electron chi connectivity index (χ0n) is 12.8. The van der Waals surface area contributed by atoms with Gasteiger partial charge in [-0.2, -0.15) is 13.2 Å². The Balaban J connectivity index is 2.67. The van der Waals surface area contributed by atoms with Crippen molar-refractivity contribution in [2.45, 2.75) is 32.5 Å². The van der Waals surface area contributed by atoms with Gasteiger partial charge in [0.2, 0.25) is 5.56 Å². The predicted molar refractivity (Wildman–Crippen MR) is 80.9 cm³/mol. The molecule has 120 valence electrons. The van der Waals surface area contributed by atoms with Crippen molar-refractivity contribution in [1.29, 1.82) is 0 Å². The summed E-state index contributed by atoms with van der Waals surface area (Å²) in [6.45, 7) is 4.80. The van der Waals surface area contributed by atoms with E-state index < -0.39 is 17.3 Å². The van der Waals surface area contributed by atoms with E-state index in [1.807, 2.05) is 20.9 Å². The van der Waals surface area contributed by atoms with Gasteiger partial charge >= 0.3 is 6.18 Å². The summed E-state index contributed by atoms with van der Waals surface area (Å²) in [6, 6.07) is 5.53. The fraction of sp³-hybridized carbons (Fsp3) is 0.438. The monoisotopic (exact) mass is 312 g/mol. The van der Waals surface area contributed by atoms with Crippen LogP contribution in [-0.4, -0.2) is 23.5 Å². The highest BCUT2D eigenvalue weighted by atomic mass is 19.4. The van der Waals surface area contributed by atoms with E-state index in [0.717, 1.165) is 18.5 Å². The molecule has 0 spiro atoms. The minimum atomic E-state index is -4.55. The number of H-pyrrole nitrogens is 1. The second-order valence-corrected chi connectivity index (χ2v) is 5.35. The van der Waals surface area contributed by atoms with Crippen molar-refractivity contribution in [3.8, 4) is 0 Å². The van der Waals surface area contributed by atoms with Crippen LogP contribution in [0.25, 0.3) is 10.9 Å². The van der Waals surface area contributed by atoms with Crippen LogP contribution in [0.15, 0.2) is 29.1 Å². The standard InChI is InChI=1S/C16H19F3N2O/c1-4-14(21(3)5-2)10-6-7-13-11(8-10)12(16(17,18)19)9-15(22)20-13/h6-9,14H,4-5H2,1-3H3,(H,20,22). The van der Waals surface area contributed by atoms with Gasteiger partial charge in [-0.1, -0.05) is 19.9 Å².